The van der Waals surface area contributed by atoms with Crippen LogP contribution in [0.25, 0.3) is 11.3 Å². The second-order valence-electron chi connectivity index (χ2n) is 5.69. The summed E-state index contributed by atoms with van der Waals surface area (Å²) in [5.41, 5.74) is 3.24. The third-order valence-electron chi connectivity index (χ3n) is 4.23. The predicted octanol–water partition coefficient (Wildman–Crippen LogP) is 4.33. The number of benzene rings is 1. The molecule has 0 bridgehead atoms. The van der Waals surface area contributed by atoms with Crippen LogP contribution >= 0.6 is 11.6 Å². The number of imidazole rings is 1. The number of nitrogens with zero attached hydrogens (tertiary/aromatic N) is 3. The number of hydrogen-bond donors (Lipinski definition) is 0. The van der Waals surface area contributed by atoms with Gasteiger partial charge in [-0.1, -0.05) is 29.8 Å². The van der Waals surface area contributed by atoms with Crippen molar-refractivity contribution in [2.24, 2.45) is 0 Å². The molecule has 1 atom stereocenters. The van der Waals surface area contributed by atoms with Crippen molar-refractivity contribution in [3.05, 3.63) is 71.4 Å². The third kappa shape index (κ3) is 2.53. The van der Waals surface area contributed by atoms with Gasteiger partial charge in [-0.15, -0.1) is 0 Å². The van der Waals surface area contributed by atoms with Crippen molar-refractivity contribution >= 4 is 11.6 Å². The van der Waals surface area contributed by atoms with Gasteiger partial charge >= 0.3 is 0 Å². The highest BCUT2D eigenvalue weighted by Gasteiger charge is 2.23. The smallest absolute Gasteiger partial charge is 0.110 e. The molecule has 0 fully saturated rings. The second-order valence-corrected chi connectivity index (χ2v) is 6.13. The van der Waals surface area contributed by atoms with Gasteiger partial charge in [0.1, 0.15) is 5.82 Å². The Balaban J connectivity index is 1.64. The van der Waals surface area contributed by atoms with Crippen LogP contribution in [0, 0.1) is 0 Å². The van der Waals surface area contributed by atoms with Crippen LogP contribution in [0.1, 0.15) is 23.9 Å². The minimum Gasteiger partial charge on any atom is -0.334 e. The van der Waals surface area contributed by atoms with Crippen molar-refractivity contribution in [1.82, 2.24) is 14.5 Å². The SMILES string of the molecule is Clc1cccc(-c2cn3c(n2)CC(c2ccccn2)CC3)c1. The molecule has 2 aromatic heterocycles. The molecule has 1 aliphatic heterocycles. The molecule has 0 saturated heterocycles. The first-order chi connectivity index (χ1) is 10.8. The molecule has 110 valence electrons. The quantitative estimate of drug-likeness (QED) is 0.705. The van der Waals surface area contributed by atoms with Crippen LogP contribution in [-0.4, -0.2) is 14.5 Å². The Labute approximate surface area is 134 Å². The van der Waals surface area contributed by atoms with Crippen LogP contribution in [0.15, 0.2) is 54.9 Å². The Kier molecular flexibility index (Phi) is 3.43. The first kappa shape index (κ1) is 13.5. The van der Waals surface area contributed by atoms with Crippen LogP contribution in [0.3, 0.4) is 0 Å². The zero-order valence-electron chi connectivity index (χ0n) is 12.1. The highest BCUT2D eigenvalue weighted by atomic mass is 35.5. The molecule has 0 saturated carbocycles. The maximum absolute atomic E-state index is 6.08. The molecule has 0 amide bonds. The molecule has 4 heteroatoms. The summed E-state index contributed by atoms with van der Waals surface area (Å²) in [4.78, 5) is 9.31. The second kappa shape index (κ2) is 5.58. The number of aryl methyl sites for hydroxylation is 1. The van der Waals surface area contributed by atoms with E-state index in [9.17, 15) is 0 Å². The Morgan fingerprint density at radius 3 is 2.91 bits per heavy atom. The minimum atomic E-state index is 0.461. The Morgan fingerprint density at radius 1 is 1.14 bits per heavy atom. The zero-order valence-corrected chi connectivity index (χ0v) is 12.9. The summed E-state index contributed by atoms with van der Waals surface area (Å²) in [5, 5.41) is 0.745. The van der Waals surface area contributed by atoms with Crippen molar-refractivity contribution in [1.29, 1.82) is 0 Å². The first-order valence-corrected chi connectivity index (χ1v) is 7.90. The molecular weight excluding hydrogens is 294 g/mol. The zero-order chi connectivity index (χ0) is 14.9. The summed E-state index contributed by atoms with van der Waals surface area (Å²) in [6.07, 6.45) is 6.05. The fourth-order valence-corrected chi connectivity index (χ4v) is 3.28. The maximum atomic E-state index is 6.08. The van der Waals surface area contributed by atoms with E-state index in [1.54, 1.807) is 0 Å². The molecule has 0 aliphatic carbocycles. The van der Waals surface area contributed by atoms with Gasteiger partial charge in [-0.2, -0.15) is 0 Å². The van der Waals surface area contributed by atoms with Gasteiger partial charge in [0.25, 0.3) is 0 Å². The van der Waals surface area contributed by atoms with Gasteiger partial charge in [0.2, 0.25) is 0 Å². The van der Waals surface area contributed by atoms with E-state index < -0.39 is 0 Å². The standard InChI is InChI=1S/C18H16ClN3/c19-15-5-3-4-13(10-15)17-12-22-9-7-14(11-18(22)21-17)16-6-1-2-8-20-16/h1-6,8,10,12,14H,7,9,11H2. The lowest BCUT2D eigenvalue weighted by atomic mass is 9.94. The van der Waals surface area contributed by atoms with Crippen molar-refractivity contribution in [2.75, 3.05) is 0 Å². The average molecular weight is 310 g/mol. The third-order valence-corrected chi connectivity index (χ3v) is 4.47. The van der Waals surface area contributed by atoms with E-state index in [0.717, 1.165) is 41.5 Å². The normalized spacial score (nSPS) is 17.2. The maximum Gasteiger partial charge on any atom is 0.110 e. The van der Waals surface area contributed by atoms with Crippen molar-refractivity contribution in [2.45, 2.75) is 25.3 Å². The summed E-state index contributed by atoms with van der Waals surface area (Å²) >= 11 is 6.08. The van der Waals surface area contributed by atoms with Gasteiger partial charge in [0.15, 0.2) is 0 Å². The van der Waals surface area contributed by atoms with Crippen LogP contribution in [-0.2, 0) is 13.0 Å². The van der Waals surface area contributed by atoms with Gasteiger partial charge < -0.3 is 4.57 Å². The molecule has 4 rings (SSSR count). The largest absolute Gasteiger partial charge is 0.334 e. The lowest BCUT2D eigenvalue weighted by molar-refractivity contribution is 0.459. The summed E-state index contributed by atoms with van der Waals surface area (Å²) in [6, 6.07) is 14.0. The number of aromatic nitrogens is 3. The highest BCUT2D eigenvalue weighted by molar-refractivity contribution is 6.30. The minimum absolute atomic E-state index is 0.461. The molecule has 3 aromatic rings. The fourth-order valence-electron chi connectivity index (χ4n) is 3.08. The number of rotatable bonds is 2. The predicted molar refractivity (Wildman–Crippen MR) is 88.0 cm³/mol. The van der Waals surface area contributed by atoms with E-state index in [1.807, 2.05) is 30.5 Å². The van der Waals surface area contributed by atoms with Gasteiger partial charge in [-0.05, 0) is 30.7 Å². The van der Waals surface area contributed by atoms with Crippen molar-refractivity contribution < 1.29 is 0 Å². The highest BCUT2D eigenvalue weighted by Crippen LogP contribution is 2.30. The van der Waals surface area contributed by atoms with Gasteiger partial charge in [-0.25, -0.2) is 4.98 Å². The molecule has 22 heavy (non-hydrogen) atoms. The van der Waals surface area contributed by atoms with Crippen LogP contribution in [0.4, 0.5) is 0 Å². The molecule has 3 heterocycles. The van der Waals surface area contributed by atoms with E-state index >= 15 is 0 Å². The average Bonchev–Trinajstić information content (AvgIpc) is 2.99. The fraction of sp³-hybridized carbons (Fsp3) is 0.222. The van der Waals surface area contributed by atoms with Crippen molar-refractivity contribution in [3.8, 4) is 11.3 Å². The Hall–Kier alpha value is -2.13. The lowest BCUT2D eigenvalue weighted by Crippen LogP contribution is -2.18. The molecule has 1 unspecified atom stereocenters. The monoisotopic (exact) mass is 309 g/mol. The number of pyridine rings is 1. The number of fused-ring (bicyclic) bond motifs is 1. The molecular formula is C18H16ClN3. The van der Waals surface area contributed by atoms with Crippen LogP contribution in [0.2, 0.25) is 5.02 Å². The van der Waals surface area contributed by atoms with Gasteiger partial charge in [0, 0.05) is 47.6 Å². The van der Waals surface area contributed by atoms with E-state index in [0.29, 0.717) is 5.92 Å². The van der Waals surface area contributed by atoms with E-state index in [1.165, 1.54) is 5.69 Å². The summed E-state index contributed by atoms with van der Waals surface area (Å²) in [5.74, 6) is 1.60. The first-order valence-electron chi connectivity index (χ1n) is 7.52. The molecule has 1 aliphatic rings. The van der Waals surface area contributed by atoms with Crippen LogP contribution < -0.4 is 0 Å². The summed E-state index contributed by atoms with van der Waals surface area (Å²) in [6.45, 7) is 0.990. The number of hydrogen-bond acceptors (Lipinski definition) is 2. The molecule has 0 radical (unpaired) electrons. The van der Waals surface area contributed by atoms with Crippen molar-refractivity contribution in [3.63, 3.8) is 0 Å². The molecule has 1 aromatic carbocycles. The lowest BCUT2D eigenvalue weighted by Gasteiger charge is -2.22. The Bertz CT molecular complexity index is 795. The van der Waals surface area contributed by atoms with Gasteiger partial charge in [-0.3, -0.25) is 4.98 Å². The van der Waals surface area contributed by atoms with E-state index in [-0.39, 0.29) is 0 Å². The van der Waals surface area contributed by atoms with E-state index in [4.69, 9.17) is 16.6 Å². The van der Waals surface area contributed by atoms with E-state index in [2.05, 4.69) is 33.9 Å². The molecule has 0 N–H and O–H groups in total. The molecule has 0 spiro atoms. The Morgan fingerprint density at radius 2 is 2.09 bits per heavy atom. The summed E-state index contributed by atoms with van der Waals surface area (Å²) in [7, 11) is 0. The van der Waals surface area contributed by atoms with Gasteiger partial charge in [0.05, 0.1) is 5.69 Å². The summed E-state index contributed by atoms with van der Waals surface area (Å²) < 4.78 is 2.26. The topological polar surface area (TPSA) is 30.7 Å². The number of halogens is 1. The van der Waals surface area contributed by atoms with Crippen LogP contribution in [0.5, 0.6) is 0 Å². The molecule has 3 nitrogen and oxygen atoms in total.